The topological polar surface area (TPSA) is 57.8 Å². The fourth-order valence-corrected chi connectivity index (χ4v) is 3.24. The number of aromatic amines is 1. The van der Waals surface area contributed by atoms with E-state index in [9.17, 15) is 4.79 Å². The minimum absolute atomic E-state index is 0.0982. The lowest BCUT2D eigenvalue weighted by molar-refractivity contribution is -0.130. The van der Waals surface area contributed by atoms with E-state index in [2.05, 4.69) is 15.5 Å². The van der Waals surface area contributed by atoms with Crippen molar-refractivity contribution in [3.8, 4) is 0 Å². The van der Waals surface area contributed by atoms with Crippen LogP contribution in [0.5, 0.6) is 0 Å². The molecule has 0 radical (unpaired) electrons. The first-order valence-corrected chi connectivity index (χ1v) is 7.95. The van der Waals surface area contributed by atoms with Crippen LogP contribution in [0.1, 0.15) is 41.8 Å². The summed E-state index contributed by atoms with van der Waals surface area (Å²) in [5.41, 5.74) is 3.68. The van der Waals surface area contributed by atoms with Crippen molar-refractivity contribution in [3.05, 3.63) is 51.8 Å². The van der Waals surface area contributed by atoms with Crippen molar-refractivity contribution in [2.45, 2.75) is 45.1 Å². The fraction of sp³-hybridized carbons (Fsp3) is 0.412. The molecule has 22 heavy (non-hydrogen) atoms. The molecule has 116 valence electrons. The van der Waals surface area contributed by atoms with Crippen LogP contribution in [0.2, 0.25) is 5.02 Å². The number of carbonyl (C=O) groups is 1. The normalized spacial score (nSPS) is 16.1. The molecular formula is C17H20ClN3O. The second kappa shape index (κ2) is 5.76. The van der Waals surface area contributed by atoms with Gasteiger partial charge in [-0.05, 0) is 44.4 Å². The summed E-state index contributed by atoms with van der Waals surface area (Å²) in [6.45, 7) is 4.44. The predicted octanol–water partition coefficient (Wildman–Crippen LogP) is 3.42. The summed E-state index contributed by atoms with van der Waals surface area (Å²) in [6.07, 6.45) is 2.87. The molecular weight excluding hydrogens is 298 g/mol. The predicted molar refractivity (Wildman–Crippen MR) is 86.9 cm³/mol. The molecule has 1 aromatic carbocycles. The van der Waals surface area contributed by atoms with Gasteiger partial charge in [-0.1, -0.05) is 30.2 Å². The summed E-state index contributed by atoms with van der Waals surface area (Å²) in [6, 6.07) is 7.65. The third-order valence-electron chi connectivity index (χ3n) is 4.74. The van der Waals surface area contributed by atoms with E-state index >= 15 is 0 Å². The highest BCUT2D eigenvalue weighted by Crippen LogP contribution is 2.44. The van der Waals surface area contributed by atoms with Gasteiger partial charge in [0.05, 0.1) is 11.1 Å². The van der Waals surface area contributed by atoms with E-state index in [1.807, 2.05) is 38.1 Å². The maximum absolute atomic E-state index is 12.8. The first kappa shape index (κ1) is 15.1. The molecule has 0 bridgehead atoms. The van der Waals surface area contributed by atoms with Gasteiger partial charge in [0.2, 0.25) is 5.91 Å². The molecule has 1 fully saturated rings. The molecule has 1 aliphatic rings. The number of hydrogen-bond acceptors (Lipinski definition) is 2. The van der Waals surface area contributed by atoms with Gasteiger partial charge < -0.3 is 5.32 Å². The number of aryl methyl sites for hydroxylation is 2. The van der Waals surface area contributed by atoms with Gasteiger partial charge in [0.1, 0.15) is 0 Å². The number of nitrogens with zero attached hydrogens (tertiary/aromatic N) is 1. The van der Waals surface area contributed by atoms with Crippen LogP contribution in [-0.2, 0) is 16.8 Å². The van der Waals surface area contributed by atoms with Gasteiger partial charge in [-0.3, -0.25) is 9.89 Å². The Kier molecular flexibility index (Phi) is 3.96. The molecule has 1 heterocycles. The quantitative estimate of drug-likeness (QED) is 0.907. The highest BCUT2D eigenvalue weighted by atomic mass is 35.5. The first-order valence-electron chi connectivity index (χ1n) is 7.58. The van der Waals surface area contributed by atoms with E-state index in [0.29, 0.717) is 11.6 Å². The summed E-state index contributed by atoms with van der Waals surface area (Å²) in [7, 11) is 0. The first-order chi connectivity index (χ1) is 10.5. The molecule has 4 nitrogen and oxygen atoms in total. The van der Waals surface area contributed by atoms with Gasteiger partial charge in [0.25, 0.3) is 0 Å². The minimum atomic E-state index is -0.393. The van der Waals surface area contributed by atoms with E-state index in [1.165, 1.54) is 0 Å². The Morgan fingerprint density at radius 3 is 2.50 bits per heavy atom. The number of nitrogens with one attached hydrogen (secondary N) is 2. The summed E-state index contributed by atoms with van der Waals surface area (Å²) >= 11 is 5.96. The van der Waals surface area contributed by atoms with Crippen molar-refractivity contribution in [3.63, 3.8) is 0 Å². The van der Waals surface area contributed by atoms with E-state index in [0.717, 1.165) is 41.8 Å². The maximum atomic E-state index is 12.8. The van der Waals surface area contributed by atoms with Crippen LogP contribution >= 0.6 is 11.6 Å². The molecule has 2 aromatic rings. The number of carbonyl (C=O) groups excluding carboxylic acids is 1. The number of benzene rings is 1. The molecule has 0 atom stereocenters. The summed E-state index contributed by atoms with van der Waals surface area (Å²) in [5.74, 6) is 0.0982. The second-order valence-corrected chi connectivity index (χ2v) is 6.47. The van der Waals surface area contributed by atoms with Crippen molar-refractivity contribution in [2.24, 2.45) is 0 Å². The van der Waals surface area contributed by atoms with Crippen LogP contribution in [0, 0.1) is 13.8 Å². The molecule has 1 amide bonds. The Morgan fingerprint density at radius 1 is 1.32 bits per heavy atom. The zero-order valence-electron chi connectivity index (χ0n) is 12.9. The lowest BCUT2D eigenvalue weighted by atomic mass is 9.64. The number of H-pyrrole nitrogens is 1. The lowest BCUT2D eigenvalue weighted by Crippen LogP contribution is -2.49. The molecule has 3 rings (SSSR count). The van der Waals surface area contributed by atoms with Crippen molar-refractivity contribution in [1.82, 2.24) is 15.5 Å². The van der Waals surface area contributed by atoms with Crippen LogP contribution in [0.25, 0.3) is 0 Å². The Bertz CT molecular complexity index is 667. The van der Waals surface area contributed by atoms with Crippen LogP contribution in [0.3, 0.4) is 0 Å². The smallest absolute Gasteiger partial charge is 0.230 e. The van der Waals surface area contributed by atoms with Gasteiger partial charge in [-0.2, -0.15) is 5.10 Å². The highest BCUT2D eigenvalue weighted by Gasteiger charge is 2.45. The van der Waals surface area contributed by atoms with Crippen LogP contribution in [-0.4, -0.2) is 16.1 Å². The van der Waals surface area contributed by atoms with Gasteiger partial charge in [0, 0.05) is 22.8 Å². The van der Waals surface area contributed by atoms with Crippen LogP contribution in [0.4, 0.5) is 0 Å². The number of halogens is 1. The maximum Gasteiger partial charge on any atom is 0.230 e. The Balaban J connectivity index is 1.76. The van der Waals surface area contributed by atoms with E-state index < -0.39 is 5.41 Å². The second-order valence-electron chi connectivity index (χ2n) is 6.04. The average Bonchev–Trinajstić information content (AvgIpc) is 2.77. The van der Waals surface area contributed by atoms with Gasteiger partial charge in [0.15, 0.2) is 0 Å². The molecule has 0 unspecified atom stereocenters. The third kappa shape index (κ3) is 2.52. The zero-order chi connectivity index (χ0) is 15.7. The highest BCUT2D eigenvalue weighted by molar-refractivity contribution is 6.30. The third-order valence-corrected chi connectivity index (χ3v) is 5.00. The number of aromatic nitrogens is 2. The average molecular weight is 318 g/mol. The van der Waals surface area contributed by atoms with Gasteiger partial charge in [-0.25, -0.2) is 0 Å². The molecule has 1 aromatic heterocycles. The van der Waals surface area contributed by atoms with Crippen molar-refractivity contribution in [2.75, 3.05) is 0 Å². The fourth-order valence-electron chi connectivity index (χ4n) is 3.12. The summed E-state index contributed by atoms with van der Waals surface area (Å²) < 4.78 is 0. The standard InChI is InChI=1S/C17H20ClN3O/c1-11-15(12(2)21-20-11)10-19-16(22)17(8-3-9-17)13-4-6-14(18)7-5-13/h4-7H,3,8-10H2,1-2H3,(H,19,22)(H,20,21). The number of hydrogen-bond donors (Lipinski definition) is 2. The molecule has 0 spiro atoms. The molecule has 1 saturated carbocycles. The Labute approximate surface area is 135 Å². The van der Waals surface area contributed by atoms with Crippen molar-refractivity contribution < 1.29 is 4.79 Å². The molecule has 0 saturated heterocycles. The van der Waals surface area contributed by atoms with E-state index in [4.69, 9.17) is 11.6 Å². The lowest BCUT2D eigenvalue weighted by Gasteiger charge is -2.40. The van der Waals surface area contributed by atoms with E-state index in [-0.39, 0.29) is 5.91 Å². The monoisotopic (exact) mass is 317 g/mol. The van der Waals surface area contributed by atoms with Crippen LogP contribution < -0.4 is 5.32 Å². The summed E-state index contributed by atoms with van der Waals surface area (Å²) in [5, 5.41) is 10.9. The molecule has 2 N–H and O–H groups in total. The molecule has 5 heteroatoms. The SMILES string of the molecule is Cc1n[nH]c(C)c1CNC(=O)C1(c2ccc(Cl)cc2)CCC1. The Hall–Kier alpha value is -1.81. The van der Waals surface area contributed by atoms with Gasteiger partial charge in [-0.15, -0.1) is 0 Å². The number of amides is 1. The van der Waals surface area contributed by atoms with Crippen molar-refractivity contribution >= 4 is 17.5 Å². The van der Waals surface area contributed by atoms with Crippen molar-refractivity contribution in [1.29, 1.82) is 0 Å². The largest absolute Gasteiger partial charge is 0.351 e. The minimum Gasteiger partial charge on any atom is -0.351 e. The summed E-state index contributed by atoms with van der Waals surface area (Å²) in [4.78, 5) is 12.8. The zero-order valence-corrected chi connectivity index (χ0v) is 13.6. The Morgan fingerprint density at radius 2 is 2.00 bits per heavy atom. The van der Waals surface area contributed by atoms with Crippen LogP contribution in [0.15, 0.2) is 24.3 Å². The molecule has 0 aliphatic heterocycles. The molecule has 1 aliphatic carbocycles. The van der Waals surface area contributed by atoms with Gasteiger partial charge >= 0.3 is 0 Å². The van der Waals surface area contributed by atoms with E-state index in [1.54, 1.807) is 0 Å². The number of rotatable bonds is 4.